The maximum Gasteiger partial charge on any atom is 0.157 e. The maximum atomic E-state index is 13.1. The third kappa shape index (κ3) is 3.45. The molecule has 2 aromatic rings. The van der Waals surface area contributed by atoms with E-state index in [0.29, 0.717) is 6.54 Å². The maximum absolute atomic E-state index is 13.1. The van der Waals surface area contributed by atoms with E-state index in [1.54, 1.807) is 12.1 Å². The van der Waals surface area contributed by atoms with Crippen molar-refractivity contribution < 1.29 is 14.6 Å². The number of hydrogen-bond acceptors (Lipinski definition) is 3. The molecule has 0 bridgehead atoms. The van der Waals surface area contributed by atoms with Gasteiger partial charge in [-0.05, 0) is 42.3 Å². The van der Waals surface area contributed by atoms with Gasteiger partial charge in [-0.25, -0.2) is 4.39 Å². The van der Waals surface area contributed by atoms with Crippen LogP contribution in [0.2, 0.25) is 0 Å². The molecule has 0 aliphatic carbocycles. The zero-order valence-corrected chi connectivity index (χ0v) is 10.6. The van der Waals surface area contributed by atoms with Crippen molar-refractivity contribution in [2.45, 2.75) is 19.5 Å². The number of aromatic hydroxyl groups is 2. The number of hydrogen-bond donors (Lipinski definition) is 3. The molecule has 0 amide bonds. The normalized spacial score (nSPS) is 12.3. The molecule has 2 aromatic carbocycles. The second kappa shape index (κ2) is 5.71. The summed E-state index contributed by atoms with van der Waals surface area (Å²) in [6.45, 7) is 2.46. The first-order chi connectivity index (χ1) is 9.06. The Hall–Kier alpha value is -2.07. The summed E-state index contributed by atoms with van der Waals surface area (Å²) in [5, 5.41) is 21.8. The summed E-state index contributed by atoms with van der Waals surface area (Å²) in [7, 11) is 0. The van der Waals surface area contributed by atoms with Crippen molar-refractivity contribution in [1.82, 2.24) is 5.32 Å². The molecule has 0 aliphatic rings. The SMILES string of the molecule is CC(NCc1ccc(O)c(O)c1)c1cccc(F)c1. The molecular formula is C15H16FNO2. The van der Waals surface area contributed by atoms with Gasteiger partial charge in [-0.1, -0.05) is 18.2 Å². The number of rotatable bonds is 4. The van der Waals surface area contributed by atoms with Gasteiger partial charge in [-0.3, -0.25) is 0 Å². The van der Waals surface area contributed by atoms with Gasteiger partial charge in [0.1, 0.15) is 5.82 Å². The first kappa shape index (κ1) is 13.4. The predicted molar refractivity (Wildman–Crippen MR) is 71.4 cm³/mol. The molecule has 3 N–H and O–H groups in total. The molecule has 0 fully saturated rings. The lowest BCUT2D eigenvalue weighted by molar-refractivity contribution is 0.402. The van der Waals surface area contributed by atoms with Crippen LogP contribution in [-0.4, -0.2) is 10.2 Å². The van der Waals surface area contributed by atoms with Crippen molar-refractivity contribution in [3.05, 3.63) is 59.4 Å². The second-order valence-electron chi connectivity index (χ2n) is 4.48. The van der Waals surface area contributed by atoms with E-state index in [4.69, 9.17) is 0 Å². The predicted octanol–water partition coefficient (Wildman–Crippen LogP) is 3.09. The zero-order valence-electron chi connectivity index (χ0n) is 10.6. The van der Waals surface area contributed by atoms with Crippen LogP contribution in [0, 0.1) is 5.82 Å². The van der Waals surface area contributed by atoms with Crippen molar-refractivity contribution >= 4 is 0 Å². The van der Waals surface area contributed by atoms with Gasteiger partial charge in [0.15, 0.2) is 11.5 Å². The molecule has 0 aromatic heterocycles. The molecule has 0 radical (unpaired) electrons. The number of phenolic OH excluding ortho intramolecular Hbond substituents is 2. The van der Waals surface area contributed by atoms with Gasteiger partial charge in [0.25, 0.3) is 0 Å². The van der Waals surface area contributed by atoms with E-state index in [1.807, 2.05) is 13.0 Å². The summed E-state index contributed by atoms with van der Waals surface area (Å²) in [6, 6.07) is 11.1. The Morgan fingerprint density at radius 2 is 1.89 bits per heavy atom. The number of phenols is 2. The van der Waals surface area contributed by atoms with Crippen LogP contribution in [0.3, 0.4) is 0 Å². The molecule has 100 valence electrons. The van der Waals surface area contributed by atoms with Crippen molar-refractivity contribution in [2.24, 2.45) is 0 Å². The Labute approximate surface area is 111 Å². The van der Waals surface area contributed by atoms with Crippen molar-refractivity contribution in [3.8, 4) is 11.5 Å². The van der Waals surface area contributed by atoms with E-state index in [1.165, 1.54) is 24.3 Å². The lowest BCUT2D eigenvalue weighted by atomic mass is 10.1. The fourth-order valence-corrected chi connectivity index (χ4v) is 1.84. The highest BCUT2D eigenvalue weighted by atomic mass is 19.1. The minimum atomic E-state index is -0.256. The van der Waals surface area contributed by atoms with Crippen LogP contribution in [0.5, 0.6) is 11.5 Å². The largest absolute Gasteiger partial charge is 0.504 e. The standard InChI is InChI=1S/C15H16FNO2/c1-10(12-3-2-4-13(16)8-12)17-9-11-5-6-14(18)15(19)7-11/h2-8,10,17-19H,9H2,1H3. The Morgan fingerprint density at radius 1 is 1.11 bits per heavy atom. The molecule has 4 heteroatoms. The highest BCUT2D eigenvalue weighted by molar-refractivity contribution is 5.40. The minimum Gasteiger partial charge on any atom is -0.504 e. The summed E-state index contributed by atoms with van der Waals surface area (Å²) >= 11 is 0. The first-order valence-corrected chi connectivity index (χ1v) is 6.06. The highest BCUT2D eigenvalue weighted by Gasteiger charge is 2.06. The molecule has 3 nitrogen and oxygen atoms in total. The highest BCUT2D eigenvalue weighted by Crippen LogP contribution is 2.25. The van der Waals surface area contributed by atoms with E-state index >= 15 is 0 Å². The van der Waals surface area contributed by atoms with Gasteiger partial charge in [0, 0.05) is 12.6 Å². The molecule has 0 saturated carbocycles. The third-order valence-corrected chi connectivity index (χ3v) is 3.00. The average molecular weight is 261 g/mol. The van der Waals surface area contributed by atoms with Gasteiger partial charge in [-0.2, -0.15) is 0 Å². The van der Waals surface area contributed by atoms with E-state index in [-0.39, 0.29) is 23.4 Å². The molecular weight excluding hydrogens is 245 g/mol. The van der Waals surface area contributed by atoms with Gasteiger partial charge < -0.3 is 15.5 Å². The monoisotopic (exact) mass is 261 g/mol. The zero-order chi connectivity index (χ0) is 13.8. The second-order valence-corrected chi connectivity index (χ2v) is 4.48. The van der Waals surface area contributed by atoms with Crippen LogP contribution in [-0.2, 0) is 6.54 Å². The summed E-state index contributed by atoms with van der Waals surface area (Å²) < 4.78 is 13.1. The van der Waals surface area contributed by atoms with Gasteiger partial charge >= 0.3 is 0 Å². The molecule has 0 heterocycles. The van der Waals surface area contributed by atoms with Crippen LogP contribution in [0.4, 0.5) is 4.39 Å². The van der Waals surface area contributed by atoms with E-state index in [0.717, 1.165) is 11.1 Å². The Morgan fingerprint density at radius 3 is 2.58 bits per heavy atom. The third-order valence-electron chi connectivity index (χ3n) is 3.00. The average Bonchev–Trinajstić information content (AvgIpc) is 2.40. The van der Waals surface area contributed by atoms with Gasteiger partial charge in [-0.15, -0.1) is 0 Å². The van der Waals surface area contributed by atoms with Crippen molar-refractivity contribution in [1.29, 1.82) is 0 Å². The van der Waals surface area contributed by atoms with E-state index < -0.39 is 0 Å². The first-order valence-electron chi connectivity index (χ1n) is 6.06. The topological polar surface area (TPSA) is 52.5 Å². The molecule has 1 unspecified atom stereocenters. The lowest BCUT2D eigenvalue weighted by Gasteiger charge is -2.14. The molecule has 0 spiro atoms. The van der Waals surface area contributed by atoms with Crippen LogP contribution in [0.15, 0.2) is 42.5 Å². The minimum absolute atomic E-state index is 0.00774. The summed E-state index contributed by atoms with van der Waals surface area (Å²) in [6.07, 6.45) is 0. The Balaban J connectivity index is 2.00. The van der Waals surface area contributed by atoms with Crippen LogP contribution in [0.25, 0.3) is 0 Å². The van der Waals surface area contributed by atoms with Crippen LogP contribution >= 0.6 is 0 Å². The number of benzene rings is 2. The number of halogens is 1. The summed E-state index contributed by atoms with van der Waals surface area (Å²) in [4.78, 5) is 0. The number of nitrogens with one attached hydrogen (secondary N) is 1. The fourth-order valence-electron chi connectivity index (χ4n) is 1.84. The molecule has 0 saturated heterocycles. The lowest BCUT2D eigenvalue weighted by Crippen LogP contribution is -2.18. The van der Waals surface area contributed by atoms with E-state index in [9.17, 15) is 14.6 Å². The van der Waals surface area contributed by atoms with Crippen molar-refractivity contribution in [2.75, 3.05) is 0 Å². The molecule has 19 heavy (non-hydrogen) atoms. The van der Waals surface area contributed by atoms with Gasteiger partial charge in [0.2, 0.25) is 0 Å². The van der Waals surface area contributed by atoms with E-state index in [2.05, 4.69) is 5.32 Å². The molecule has 0 aliphatic heterocycles. The van der Waals surface area contributed by atoms with Crippen molar-refractivity contribution in [3.63, 3.8) is 0 Å². The Kier molecular flexibility index (Phi) is 4.02. The van der Waals surface area contributed by atoms with Crippen LogP contribution in [0.1, 0.15) is 24.1 Å². The summed E-state index contributed by atoms with van der Waals surface area (Å²) in [5.41, 5.74) is 1.71. The summed E-state index contributed by atoms with van der Waals surface area (Å²) in [5.74, 6) is -0.534. The molecule has 2 rings (SSSR count). The van der Waals surface area contributed by atoms with Gasteiger partial charge in [0.05, 0.1) is 0 Å². The molecule has 1 atom stereocenters. The quantitative estimate of drug-likeness (QED) is 0.741. The smallest absolute Gasteiger partial charge is 0.157 e. The van der Waals surface area contributed by atoms with Crippen LogP contribution < -0.4 is 5.32 Å². The fraction of sp³-hybridized carbons (Fsp3) is 0.200. The Bertz CT molecular complexity index is 572.